The molecule has 0 aliphatic carbocycles. The Labute approximate surface area is 91.8 Å². The summed E-state index contributed by atoms with van der Waals surface area (Å²) in [6, 6.07) is 0.0400. The molecule has 1 rings (SSSR count). The van der Waals surface area contributed by atoms with Crippen LogP contribution in [0.3, 0.4) is 0 Å². The molecular weight excluding hydrogens is 192 g/mol. The van der Waals surface area contributed by atoms with Gasteiger partial charge in [0.05, 0.1) is 0 Å². The molecule has 1 fully saturated rings. The van der Waals surface area contributed by atoms with E-state index in [-0.39, 0.29) is 11.6 Å². The van der Waals surface area contributed by atoms with Gasteiger partial charge < -0.3 is 10.2 Å². The normalized spacial score (nSPS) is 19.1. The van der Waals surface area contributed by atoms with Gasteiger partial charge in [0.1, 0.15) is 0 Å². The fraction of sp³-hybridized carbons (Fsp3) is 0.900. The fourth-order valence-electron chi connectivity index (χ4n) is 1.53. The van der Waals surface area contributed by atoms with Gasteiger partial charge in [-0.15, -0.1) is 0 Å². The van der Waals surface area contributed by atoms with E-state index in [0.717, 1.165) is 26.2 Å². The SMILES string of the molecule is CNN1CCN(C(=O)NC(C)(C)C)CC1. The lowest BCUT2D eigenvalue weighted by molar-refractivity contribution is 0.108. The van der Waals surface area contributed by atoms with Crippen molar-refractivity contribution in [2.45, 2.75) is 26.3 Å². The zero-order valence-corrected chi connectivity index (χ0v) is 10.1. The van der Waals surface area contributed by atoms with Crippen LogP contribution in [0.4, 0.5) is 4.79 Å². The number of rotatable bonds is 1. The highest BCUT2D eigenvalue weighted by atomic mass is 16.2. The number of nitrogens with one attached hydrogen (secondary N) is 2. The molecule has 1 aliphatic heterocycles. The average molecular weight is 214 g/mol. The van der Waals surface area contributed by atoms with Crippen LogP contribution >= 0.6 is 0 Å². The highest BCUT2D eigenvalue weighted by Gasteiger charge is 2.23. The van der Waals surface area contributed by atoms with E-state index in [4.69, 9.17) is 0 Å². The Morgan fingerprint density at radius 3 is 2.07 bits per heavy atom. The third-order valence-corrected chi connectivity index (χ3v) is 2.37. The summed E-state index contributed by atoms with van der Waals surface area (Å²) in [6.07, 6.45) is 0. The van der Waals surface area contributed by atoms with Gasteiger partial charge >= 0.3 is 6.03 Å². The number of nitrogens with zero attached hydrogens (tertiary/aromatic N) is 2. The molecule has 0 radical (unpaired) electrons. The van der Waals surface area contributed by atoms with Crippen molar-refractivity contribution in [3.8, 4) is 0 Å². The smallest absolute Gasteiger partial charge is 0.317 e. The minimum absolute atomic E-state index is 0.0400. The van der Waals surface area contributed by atoms with E-state index in [2.05, 4.69) is 15.8 Å². The molecule has 2 amide bonds. The first kappa shape index (κ1) is 12.3. The molecule has 0 aromatic carbocycles. The number of piperazine rings is 1. The lowest BCUT2D eigenvalue weighted by Gasteiger charge is -2.35. The molecule has 1 heterocycles. The van der Waals surface area contributed by atoms with Crippen LogP contribution in [0.1, 0.15) is 20.8 Å². The first-order valence-corrected chi connectivity index (χ1v) is 5.42. The average Bonchev–Trinajstić information content (AvgIpc) is 2.15. The van der Waals surface area contributed by atoms with E-state index in [1.165, 1.54) is 0 Å². The Bertz CT molecular complexity index is 216. The molecule has 0 aromatic rings. The predicted molar refractivity (Wildman–Crippen MR) is 60.5 cm³/mol. The minimum Gasteiger partial charge on any atom is -0.333 e. The molecule has 88 valence electrons. The van der Waals surface area contributed by atoms with Crippen molar-refractivity contribution in [3.63, 3.8) is 0 Å². The molecule has 5 nitrogen and oxygen atoms in total. The summed E-state index contributed by atoms with van der Waals surface area (Å²) in [5, 5.41) is 5.08. The van der Waals surface area contributed by atoms with Crippen molar-refractivity contribution >= 4 is 6.03 Å². The van der Waals surface area contributed by atoms with Crippen LogP contribution in [0, 0.1) is 0 Å². The highest BCUT2D eigenvalue weighted by molar-refractivity contribution is 5.75. The Morgan fingerprint density at radius 1 is 1.13 bits per heavy atom. The second-order valence-corrected chi connectivity index (χ2v) is 4.88. The van der Waals surface area contributed by atoms with Gasteiger partial charge in [-0.3, -0.25) is 5.43 Å². The van der Waals surface area contributed by atoms with Crippen molar-refractivity contribution < 1.29 is 4.79 Å². The van der Waals surface area contributed by atoms with Gasteiger partial charge in [0, 0.05) is 31.7 Å². The summed E-state index contributed by atoms with van der Waals surface area (Å²) < 4.78 is 0. The van der Waals surface area contributed by atoms with Gasteiger partial charge in [-0.2, -0.15) is 0 Å². The molecule has 15 heavy (non-hydrogen) atoms. The molecule has 0 unspecified atom stereocenters. The molecule has 0 spiro atoms. The number of amides is 2. The lowest BCUT2D eigenvalue weighted by Crippen LogP contribution is -2.56. The van der Waals surface area contributed by atoms with Gasteiger partial charge in [0.2, 0.25) is 0 Å². The minimum atomic E-state index is -0.156. The zero-order valence-electron chi connectivity index (χ0n) is 10.1. The Hall–Kier alpha value is -0.810. The van der Waals surface area contributed by atoms with Gasteiger partial charge in [-0.25, -0.2) is 9.80 Å². The largest absolute Gasteiger partial charge is 0.333 e. The second-order valence-electron chi connectivity index (χ2n) is 4.88. The molecular formula is C10H22N4O. The number of carbonyl (C=O) groups is 1. The molecule has 0 bridgehead atoms. The van der Waals surface area contributed by atoms with E-state index in [9.17, 15) is 4.79 Å². The number of carbonyl (C=O) groups excluding carboxylic acids is 1. The summed E-state index contributed by atoms with van der Waals surface area (Å²) in [5.41, 5.74) is 2.93. The van der Waals surface area contributed by atoms with Crippen molar-refractivity contribution in [3.05, 3.63) is 0 Å². The summed E-state index contributed by atoms with van der Waals surface area (Å²) in [5.74, 6) is 0. The molecule has 1 aliphatic rings. The molecule has 2 N–H and O–H groups in total. The lowest BCUT2D eigenvalue weighted by atomic mass is 10.1. The van der Waals surface area contributed by atoms with E-state index in [1.807, 2.05) is 32.7 Å². The summed E-state index contributed by atoms with van der Waals surface area (Å²) in [4.78, 5) is 13.6. The summed E-state index contributed by atoms with van der Waals surface area (Å²) >= 11 is 0. The third-order valence-electron chi connectivity index (χ3n) is 2.37. The van der Waals surface area contributed by atoms with Crippen molar-refractivity contribution in [1.82, 2.24) is 20.7 Å². The molecule has 0 aromatic heterocycles. The number of hydrogen-bond donors (Lipinski definition) is 2. The Kier molecular flexibility index (Phi) is 3.93. The predicted octanol–water partition coefficient (Wildman–Crippen LogP) is 0.246. The molecule has 5 heteroatoms. The topological polar surface area (TPSA) is 47.6 Å². The molecule has 0 saturated carbocycles. The summed E-state index contributed by atoms with van der Waals surface area (Å²) in [7, 11) is 1.91. The number of urea groups is 1. The van der Waals surface area contributed by atoms with Crippen LogP contribution in [0.15, 0.2) is 0 Å². The first-order chi connectivity index (χ1) is 6.92. The van der Waals surface area contributed by atoms with E-state index in [0.29, 0.717) is 0 Å². The monoisotopic (exact) mass is 214 g/mol. The highest BCUT2D eigenvalue weighted by Crippen LogP contribution is 2.03. The van der Waals surface area contributed by atoms with Gasteiger partial charge in [0.25, 0.3) is 0 Å². The Morgan fingerprint density at radius 2 is 1.67 bits per heavy atom. The van der Waals surface area contributed by atoms with Crippen molar-refractivity contribution in [2.75, 3.05) is 33.2 Å². The van der Waals surface area contributed by atoms with Crippen LogP contribution in [0.2, 0.25) is 0 Å². The van der Waals surface area contributed by atoms with Gasteiger partial charge in [-0.05, 0) is 27.8 Å². The molecule has 1 saturated heterocycles. The Balaban J connectivity index is 2.37. The summed E-state index contributed by atoms with van der Waals surface area (Å²) in [6.45, 7) is 9.31. The van der Waals surface area contributed by atoms with Crippen molar-refractivity contribution in [2.24, 2.45) is 0 Å². The maximum atomic E-state index is 11.8. The molecule has 0 atom stereocenters. The van der Waals surface area contributed by atoms with Crippen LogP contribution in [0.5, 0.6) is 0 Å². The standard InChI is InChI=1S/C10H22N4O/c1-10(2,3)12-9(15)13-5-7-14(11-4)8-6-13/h11H,5-8H2,1-4H3,(H,12,15). The van der Waals surface area contributed by atoms with Gasteiger partial charge in [-0.1, -0.05) is 0 Å². The zero-order chi connectivity index (χ0) is 11.5. The van der Waals surface area contributed by atoms with Crippen LogP contribution in [0.25, 0.3) is 0 Å². The number of hydrogen-bond acceptors (Lipinski definition) is 3. The number of hydrazine groups is 1. The van der Waals surface area contributed by atoms with E-state index < -0.39 is 0 Å². The maximum absolute atomic E-state index is 11.8. The van der Waals surface area contributed by atoms with Crippen LogP contribution in [-0.4, -0.2) is 54.7 Å². The maximum Gasteiger partial charge on any atom is 0.317 e. The van der Waals surface area contributed by atoms with Gasteiger partial charge in [0.15, 0.2) is 0 Å². The van der Waals surface area contributed by atoms with Crippen molar-refractivity contribution in [1.29, 1.82) is 0 Å². The van der Waals surface area contributed by atoms with Crippen LogP contribution < -0.4 is 10.7 Å². The van der Waals surface area contributed by atoms with E-state index in [1.54, 1.807) is 0 Å². The quantitative estimate of drug-likeness (QED) is 0.657. The third kappa shape index (κ3) is 4.05. The second kappa shape index (κ2) is 4.81. The van der Waals surface area contributed by atoms with E-state index >= 15 is 0 Å². The van der Waals surface area contributed by atoms with Crippen LogP contribution in [-0.2, 0) is 0 Å². The first-order valence-electron chi connectivity index (χ1n) is 5.42. The fourth-order valence-corrected chi connectivity index (χ4v) is 1.53.